The number of furan rings is 1. The molecule has 0 aliphatic carbocycles. The molecule has 1 unspecified atom stereocenters. The molecule has 4 rings (SSSR count). The lowest BCUT2D eigenvalue weighted by Crippen LogP contribution is -2.30. The number of aryl methyl sites for hydroxylation is 1. The Morgan fingerprint density at radius 2 is 1.86 bits per heavy atom. The molecule has 4 aromatic rings. The molecule has 1 atom stereocenters. The van der Waals surface area contributed by atoms with Gasteiger partial charge in [0.15, 0.2) is 6.10 Å². The first kappa shape index (κ1) is 18.6. The van der Waals surface area contributed by atoms with Gasteiger partial charge in [0.25, 0.3) is 5.91 Å². The van der Waals surface area contributed by atoms with Gasteiger partial charge < -0.3 is 23.8 Å². The minimum absolute atomic E-state index is 0.367. The zero-order valence-electron chi connectivity index (χ0n) is 16.3. The van der Waals surface area contributed by atoms with Crippen LogP contribution in [0.25, 0.3) is 21.9 Å². The highest BCUT2D eigenvalue weighted by Gasteiger charge is 2.22. The first-order chi connectivity index (χ1) is 14.0. The number of ether oxygens (including phenoxy) is 2. The number of rotatable bonds is 5. The van der Waals surface area contributed by atoms with E-state index in [1.807, 2.05) is 30.3 Å². The maximum Gasteiger partial charge on any atom is 0.355 e. The molecule has 148 valence electrons. The van der Waals surface area contributed by atoms with E-state index in [1.165, 1.54) is 14.0 Å². The van der Waals surface area contributed by atoms with Gasteiger partial charge in [-0.2, -0.15) is 0 Å². The van der Waals surface area contributed by atoms with Crippen molar-refractivity contribution in [2.45, 2.75) is 13.0 Å². The fourth-order valence-corrected chi connectivity index (χ4v) is 3.20. The first-order valence-electron chi connectivity index (χ1n) is 9.10. The largest absolute Gasteiger partial charge is 0.495 e. The summed E-state index contributed by atoms with van der Waals surface area (Å²) in [6, 6.07) is 14.6. The van der Waals surface area contributed by atoms with Gasteiger partial charge in [0.1, 0.15) is 22.6 Å². The van der Waals surface area contributed by atoms with E-state index in [2.05, 4.69) is 5.32 Å². The van der Waals surface area contributed by atoms with Gasteiger partial charge in [0.2, 0.25) is 0 Å². The maximum absolute atomic E-state index is 12.6. The zero-order chi connectivity index (χ0) is 20.5. The summed E-state index contributed by atoms with van der Waals surface area (Å²) in [4.78, 5) is 24.8. The smallest absolute Gasteiger partial charge is 0.355 e. The molecule has 2 heterocycles. The maximum atomic E-state index is 12.6. The number of nitrogens with one attached hydrogen (secondary N) is 1. The van der Waals surface area contributed by atoms with Crippen LogP contribution in [0.4, 0.5) is 5.69 Å². The fraction of sp³-hybridized carbons (Fsp3) is 0.182. The van der Waals surface area contributed by atoms with Gasteiger partial charge in [0, 0.05) is 30.1 Å². The minimum atomic E-state index is -0.992. The average Bonchev–Trinajstić information content (AvgIpc) is 3.30. The monoisotopic (exact) mass is 392 g/mol. The van der Waals surface area contributed by atoms with Crippen LogP contribution in [0.15, 0.2) is 59.1 Å². The SMILES string of the molecule is COc1cc2c(cc1NC(=O)C(C)OC(=O)c1cccn1C)oc1ccccc12. The molecular weight excluding hydrogens is 372 g/mol. The highest BCUT2D eigenvalue weighted by atomic mass is 16.5. The lowest BCUT2D eigenvalue weighted by Gasteiger charge is -2.15. The summed E-state index contributed by atoms with van der Waals surface area (Å²) >= 11 is 0. The number of anilines is 1. The predicted molar refractivity (Wildman–Crippen MR) is 109 cm³/mol. The second-order valence-corrected chi connectivity index (χ2v) is 6.69. The third-order valence-corrected chi connectivity index (χ3v) is 4.76. The van der Waals surface area contributed by atoms with Crippen LogP contribution in [0, 0.1) is 0 Å². The number of para-hydroxylation sites is 1. The van der Waals surface area contributed by atoms with Crippen LogP contribution in [-0.4, -0.2) is 29.7 Å². The quantitative estimate of drug-likeness (QED) is 0.517. The molecule has 0 aliphatic rings. The summed E-state index contributed by atoms with van der Waals surface area (Å²) in [6.07, 6.45) is 0.739. The van der Waals surface area contributed by atoms with Crippen molar-refractivity contribution >= 4 is 39.5 Å². The van der Waals surface area contributed by atoms with Crippen LogP contribution >= 0.6 is 0 Å². The van der Waals surface area contributed by atoms with Crippen LogP contribution in [0.3, 0.4) is 0 Å². The zero-order valence-corrected chi connectivity index (χ0v) is 16.3. The number of aromatic nitrogens is 1. The number of carbonyl (C=O) groups excluding carboxylic acids is 2. The van der Waals surface area contributed by atoms with Crippen LogP contribution in [0.2, 0.25) is 0 Å². The first-order valence-corrected chi connectivity index (χ1v) is 9.10. The number of nitrogens with zero attached hydrogens (tertiary/aromatic N) is 1. The van der Waals surface area contributed by atoms with E-state index in [1.54, 1.807) is 36.0 Å². The Morgan fingerprint density at radius 1 is 1.07 bits per heavy atom. The summed E-state index contributed by atoms with van der Waals surface area (Å²) < 4.78 is 18.2. The van der Waals surface area contributed by atoms with Gasteiger partial charge in [0.05, 0.1) is 12.8 Å². The molecule has 7 nitrogen and oxygen atoms in total. The molecule has 2 aromatic heterocycles. The normalized spacial score (nSPS) is 12.1. The van der Waals surface area contributed by atoms with Gasteiger partial charge in [-0.1, -0.05) is 18.2 Å². The minimum Gasteiger partial charge on any atom is -0.495 e. The number of amides is 1. The molecule has 0 bridgehead atoms. The second-order valence-electron chi connectivity index (χ2n) is 6.69. The van der Waals surface area contributed by atoms with E-state index in [0.717, 1.165) is 16.4 Å². The molecule has 0 fully saturated rings. The van der Waals surface area contributed by atoms with Crippen molar-refractivity contribution in [1.29, 1.82) is 0 Å². The summed E-state index contributed by atoms with van der Waals surface area (Å²) in [5.74, 6) is -0.556. The number of hydrogen-bond donors (Lipinski definition) is 1. The third kappa shape index (κ3) is 3.42. The van der Waals surface area contributed by atoms with Crippen LogP contribution in [0.1, 0.15) is 17.4 Å². The van der Waals surface area contributed by atoms with E-state index in [0.29, 0.717) is 22.7 Å². The molecule has 2 aromatic carbocycles. The summed E-state index contributed by atoms with van der Waals surface area (Å²) in [7, 11) is 3.26. The Bertz CT molecular complexity index is 1220. The molecule has 1 N–H and O–H groups in total. The van der Waals surface area contributed by atoms with Crippen LogP contribution in [0.5, 0.6) is 5.75 Å². The van der Waals surface area contributed by atoms with Gasteiger partial charge in [-0.3, -0.25) is 4.79 Å². The average molecular weight is 392 g/mol. The van der Waals surface area contributed by atoms with Crippen molar-refractivity contribution in [3.8, 4) is 5.75 Å². The number of carbonyl (C=O) groups is 2. The number of benzene rings is 2. The van der Waals surface area contributed by atoms with Crippen molar-refractivity contribution in [2.24, 2.45) is 7.05 Å². The van der Waals surface area contributed by atoms with E-state index in [4.69, 9.17) is 13.9 Å². The Morgan fingerprint density at radius 3 is 2.59 bits per heavy atom. The van der Waals surface area contributed by atoms with Crippen molar-refractivity contribution < 1.29 is 23.5 Å². The standard InChI is InChI=1S/C22H20N2O5/c1-13(28-22(26)17-8-6-10-24(17)2)21(25)23-16-12-19-15(11-20(16)27-3)14-7-4-5-9-18(14)29-19/h4-13H,1-3H3,(H,23,25). The molecule has 0 saturated carbocycles. The topological polar surface area (TPSA) is 82.7 Å². The fourth-order valence-electron chi connectivity index (χ4n) is 3.20. The van der Waals surface area contributed by atoms with Crippen molar-refractivity contribution in [3.05, 3.63) is 60.4 Å². The van der Waals surface area contributed by atoms with Gasteiger partial charge in [-0.25, -0.2) is 4.79 Å². The van der Waals surface area contributed by atoms with E-state index < -0.39 is 18.0 Å². The predicted octanol–water partition coefficient (Wildman–Crippen LogP) is 4.12. The number of hydrogen-bond acceptors (Lipinski definition) is 5. The Balaban J connectivity index is 1.57. The van der Waals surface area contributed by atoms with Gasteiger partial charge in [-0.05, 0) is 31.2 Å². The van der Waals surface area contributed by atoms with E-state index >= 15 is 0 Å². The summed E-state index contributed by atoms with van der Waals surface area (Å²) in [5.41, 5.74) is 2.17. The second kappa shape index (κ2) is 7.35. The molecular formula is C22H20N2O5. The Hall–Kier alpha value is -3.74. The Labute approximate surface area is 166 Å². The number of esters is 1. The highest BCUT2D eigenvalue weighted by Crippen LogP contribution is 2.36. The van der Waals surface area contributed by atoms with Gasteiger partial charge >= 0.3 is 5.97 Å². The number of fused-ring (bicyclic) bond motifs is 3. The third-order valence-electron chi connectivity index (χ3n) is 4.76. The van der Waals surface area contributed by atoms with Crippen molar-refractivity contribution in [1.82, 2.24) is 4.57 Å². The van der Waals surface area contributed by atoms with Crippen molar-refractivity contribution in [3.63, 3.8) is 0 Å². The molecule has 29 heavy (non-hydrogen) atoms. The lowest BCUT2D eigenvalue weighted by atomic mass is 10.1. The highest BCUT2D eigenvalue weighted by molar-refractivity contribution is 6.08. The molecule has 0 aliphatic heterocycles. The van der Waals surface area contributed by atoms with Crippen molar-refractivity contribution in [2.75, 3.05) is 12.4 Å². The van der Waals surface area contributed by atoms with Gasteiger partial charge in [-0.15, -0.1) is 0 Å². The molecule has 0 radical (unpaired) electrons. The summed E-state index contributed by atoms with van der Waals surface area (Å²) in [6.45, 7) is 1.52. The molecule has 0 saturated heterocycles. The summed E-state index contributed by atoms with van der Waals surface area (Å²) in [5, 5.41) is 4.60. The number of methoxy groups -OCH3 is 1. The van der Waals surface area contributed by atoms with E-state index in [9.17, 15) is 9.59 Å². The lowest BCUT2D eigenvalue weighted by molar-refractivity contribution is -0.123. The van der Waals surface area contributed by atoms with E-state index in [-0.39, 0.29) is 0 Å². The van der Waals surface area contributed by atoms with Crippen LogP contribution < -0.4 is 10.1 Å². The van der Waals surface area contributed by atoms with Crippen LogP contribution in [-0.2, 0) is 16.6 Å². The molecule has 1 amide bonds. The molecule has 0 spiro atoms. The Kier molecular flexibility index (Phi) is 4.72. The molecule has 7 heteroatoms.